The highest BCUT2D eigenvalue weighted by Crippen LogP contribution is 2.45. The predicted octanol–water partition coefficient (Wildman–Crippen LogP) is 3.76. The zero-order valence-corrected chi connectivity index (χ0v) is 12.5. The van der Waals surface area contributed by atoms with E-state index >= 15 is 0 Å². The van der Waals surface area contributed by atoms with Crippen LogP contribution in [0, 0.1) is 13.1 Å². The van der Waals surface area contributed by atoms with E-state index in [1.165, 1.54) is 0 Å². The topological polar surface area (TPSA) is 8.72 Å². The van der Waals surface area contributed by atoms with Crippen molar-refractivity contribution in [2.24, 2.45) is 0 Å². The van der Waals surface area contributed by atoms with Gasteiger partial charge in [-0.05, 0) is 25.2 Å². The fourth-order valence-corrected chi connectivity index (χ4v) is 5.49. The Bertz CT molecular complexity index is 263. The minimum atomic E-state index is 0.0919. The van der Waals surface area contributed by atoms with Crippen molar-refractivity contribution < 1.29 is 0 Å². The lowest BCUT2D eigenvalue weighted by Crippen LogP contribution is -2.35. The van der Waals surface area contributed by atoms with Crippen LogP contribution in [0.4, 0.5) is 0 Å². The van der Waals surface area contributed by atoms with Gasteiger partial charge in [0.1, 0.15) is 5.25 Å². The molecule has 0 rings (SSSR count). The van der Waals surface area contributed by atoms with Crippen LogP contribution in [0.25, 0.3) is 9.69 Å². The number of nitrogens with zero attached hydrogens (tertiary/aromatic N) is 2. The highest BCUT2D eigenvalue weighted by atomic mass is 32.2. The monoisotopic (exact) mass is 274 g/mol. The van der Waals surface area contributed by atoms with E-state index < -0.39 is 0 Å². The SMILES string of the molecule is [C-]#[N+]CCCC(SC)(SC)C(C[N+]#[C-])SC. The van der Waals surface area contributed by atoms with E-state index in [0.717, 1.165) is 12.8 Å². The average Bonchev–Trinajstić information content (AvgIpc) is 2.33. The summed E-state index contributed by atoms with van der Waals surface area (Å²) in [6, 6.07) is 0. The zero-order valence-electron chi connectivity index (χ0n) is 10.0. The van der Waals surface area contributed by atoms with E-state index in [4.69, 9.17) is 13.1 Å². The fourth-order valence-electron chi connectivity index (χ4n) is 1.59. The number of hydrogen-bond acceptors (Lipinski definition) is 3. The second-order valence-electron chi connectivity index (χ2n) is 3.27. The molecule has 0 saturated heterocycles. The van der Waals surface area contributed by atoms with Crippen molar-refractivity contribution in [2.75, 3.05) is 31.9 Å². The third kappa shape index (κ3) is 4.49. The maximum Gasteiger partial charge on any atom is 0.228 e. The van der Waals surface area contributed by atoms with Crippen molar-refractivity contribution in [1.29, 1.82) is 0 Å². The molecule has 0 spiro atoms. The Morgan fingerprint density at radius 3 is 2.12 bits per heavy atom. The summed E-state index contributed by atoms with van der Waals surface area (Å²) in [6.07, 6.45) is 8.24. The summed E-state index contributed by atoms with van der Waals surface area (Å²) in [4.78, 5) is 6.94. The Kier molecular flexibility index (Phi) is 9.12. The van der Waals surface area contributed by atoms with Gasteiger partial charge in [-0.1, -0.05) is 0 Å². The predicted molar refractivity (Wildman–Crippen MR) is 79.2 cm³/mol. The summed E-state index contributed by atoms with van der Waals surface area (Å²) >= 11 is 5.45. The van der Waals surface area contributed by atoms with Crippen LogP contribution in [0.3, 0.4) is 0 Å². The summed E-state index contributed by atoms with van der Waals surface area (Å²) in [5, 5.41) is 0.348. The molecule has 0 amide bonds. The molecule has 0 bridgehead atoms. The third-order valence-corrected chi connectivity index (χ3v) is 7.30. The van der Waals surface area contributed by atoms with Crippen molar-refractivity contribution in [3.8, 4) is 0 Å². The summed E-state index contributed by atoms with van der Waals surface area (Å²) in [5.41, 5.74) is 0. The summed E-state index contributed by atoms with van der Waals surface area (Å²) in [5.74, 6) is 0. The van der Waals surface area contributed by atoms with Gasteiger partial charge in [0.05, 0.1) is 4.08 Å². The van der Waals surface area contributed by atoms with Gasteiger partial charge in [0.25, 0.3) is 0 Å². The Balaban J connectivity index is 4.64. The van der Waals surface area contributed by atoms with Crippen molar-refractivity contribution in [3.05, 3.63) is 22.8 Å². The summed E-state index contributed by atoms with van der Waals surface area (Å²) in [7, 11) is 0. The summed E-state index contributed by atoms with van der Waals surface area (Å²) in [6.45, 7) is 15.0. The lowest BCUT2D eigenvalue weighted by atomic mass is 10.1. The lowest BCUT2D eigenvalue weighted by Gasteiger charge is -2.34. The molecule has 1 unspecified atom stereocenters. The van der Waals surface area contributed by atoms with Gasteiger partial charge < -0.3 is 9.69 Å². The number of hydrogen-bond donors (Lipinski definition) is 0. The fraction of sp³-hybridized carbons (Fsp3) is 0.818. The van der Waals surface area contributed by atoms with E-state index in [9.17, 15) is 0 Å². The Labute approximate surface area is 112 Å². The van der Waals surface area contributed by atoms with Gasteiger partial charge in [0, 0.05) is 6.42 Å². The van der Waals surface area contributed by atoms with E-state index in [2.05, 4.69) is 28.5 Å². The van der Waals surface area contributed by atoms with Gasteiger partial charge in [0.15, 0.2) is 0 Å². The molecule has 0 aromatic carbocycles. The van der Waals surface area contributed by atoms with Crippen LogP contribution in [0.5, 0.6) is 0 Å². The molecule has 90 valence electrons. The van der Waals surface area contributed by atoms with E-state index in [0.29, 0.717) is 18.3 Å². The number of thioether (sulfide) groups is 3. The molecule has 0 aliphatic rings. The molecule has 2 nitrogen and oxygen atoms in total. The van der Waals surface area contributed by atoms with Crippen molar-refractivity contribution >= 4 is 35.3 Å². The first-order valence-corrected chi connectivity index (χ1v) is 8.74. The zero-order chi connectivity index (χ0) is 12.4. The maximum atomic E-state index is 7.02. The molecule has 0 N–H and O–H groups in total. The Morgan fingerprint density at radius 1 is 1.12 bits per heavy atom. The molecule has 1 atom stereocenters. The second-order valence-corrected chi connectivity index (χ2v) is 6.84. The first kappa shape index (κ1) is 16.0. The molecule has 0 saturated carbocycles. The molecule has 0 aliphatic carbocycles. The minimum absolute atomic E-state index is 0.0919. The largest absolute Gasteiger partial charge is 0.317 e. The van der Waals surface area contributed by atoms with Crippen LogP contribution in [-0.2, 0) is 0 Å². The molecular formula is C11H18N2S3. The van der Waals surface area contributed by atoms with Crippen molar-refractivity contribution in [2.45, 2.75) is 22.2 Å². The molecule has 16 heavy (non-hydrogen) atoms. The van der Waals surface area contributed by atoms with Gasteiger partial charge in [-0.3, -0.25) is 0 Å². The van der Waals surface area contributed by atoms with Crippen LogP contribution >= 0.6 is 35.3 Å². The van der Waals surface area contributed by atoms with Gasteiger partial charge >= 0.3 is 0 Å². The molecule has 0 fully saturated rings. The molecule has 0 aromatic rings. The average molecular weight is 274 g/mol. The first-order valence-electron chi connectivity index (χ1n) is 5.00. The molecular weight excluding hydrogens is 256 g/mol. The van der Waals surface area contributed by atoms with E-state index in [1.807, 2.05) is 23.5 Å². The highest BCUT2D eigenvalue weighted by Gasteiger charge is 2.39. The Hall–Kier alpha value is 0.0300. The molecule has 5 heteroatoms. The lowest BCUT2D eigenvalue weighted by molar-refractivity contribution is 0.676. The van der Waals surface area contributed by atoms with Crippen molar-refractivity contribution in [1.82, 2.24) is 0 Å². The summed E-state index contributed by atoms with van der Waals surface area (Å²) < 4.78 is 0.0919. The van der Waals surface area contributed by atoms with Crippen LogP contribution < -0.4 is 0 Å². The van der Waals surface area contributed by atoms with Gasteiger partial charge in [-0.15, -0.1) is 23.5 Å². The van der Waals surface area contributed by atoms with E-state index in [1.54, 1.807) is 11.8 Å². The molecule has 0 aliphatic heterocycles. The van der Waals surface area contributed by atoms with Gasteiger partial charge in [0.2, 0.25) is 13.1 Å². The van der Waals surface area contributed by atoms with Crippen LogP contribution in [0.1, 0.15) is 12.8 Å². The van der Waals surface area contributed by atoms with Crippen LogP contribution in [-0.4, -0.2) is 41.2 Å². The molecule has 0 heterocycles. The quantitative estimate of drug-likeness (QED) is 0.379. The van der Waals surface area contributed by atoms with Gasteiger partial charge in [-0.2, -0.15) is 11.8 Å². The van der Waals surface area contributed by atoms with Crippen molar-refractivity contribution in [3.63, 3.8) is 0 Å². The normalized spacial score (nSPS) is 12.8. The molecule has 0 aromatic heterocycles. The first-order chi connectivity index (χ1) is 7.70. The minimum Gasteiger partial charge on any atom is -0.317 e. The highest BCUT2D eigenvalue weighted by molar-refractivity contribution is 8.19. The van der Waals surface area contributed by atoms with Crippen LogP contribution in [0.2, 0.25) is 0 Å². The standard InChI is InChI=1S/C11H18N2S3/c1-12-8-6-7-11(15-4,16-5)10(14-3)9-13-2/h10H,6-9H2,3-5H3. The molecule has 0 radical (unpaired) electrons. The second kappa shape index (κ2) is 9.10. The smallest absolute Gasteiger partial charge is 0.228 e. The third-order valence-electron chi connectivity index (χ3n) is 2.52. The number of rotatable bonds is 8. The van der Waals surface area contributed by atoms with Gasteiger partial charge in [-0.25, -0.2) is 13.1 Å². The Morgan fingerprint density at radius 2 is 1.75 bits per heavy atom. The van der Waals surface area contributed by atoms with Crippen LogP contribution in [0.15, 0.2) is 0 Å². The maximum absolute atomic E-state index is 7.02. The van der Waals surface area contributed by atoms with E-state index in [-0.39, 0.29) is 4.08 Å².